The van der Waals surface area contributed by atoms with Crippen molar-refractivity contribution in [3.63, 3.8) is 0 Å². The zero-order valence-corrected chi connectivity index (χ0v) is 16.9. The molecule has 28 heavy (non-hydrogen) atoms. The molecule has 2 aromatic rings. The summed E-state index contributed by atoms with van der Waals surface area (Å²) in [6, 6.07) is 9.91. The highest BCUT2D eigenvalue weighted by molar-refractivity contribution is 7.80. The molecule has 1 aliphatic heterocycles. The molecule has 2 aromatic carbocycles. The molecule has 0 radical (unpaired) electrons. The lowest BCUT2D eigenvalue weighted by molar-refractivity contribution is -0.145. The molecular weight excluding hydrogens is 405 g/mol. The number of thiocarbonyl (C=S) groups is 1. The summed E-state index contributed by atoms with van der Waals surface area (Å²) in [6.07, 6.45) is -1.74. The zero-order chi connectivity index (χ0) is 20.3. The maximum absolute atomic E-state index is 15.0. The molecule has 0 fully saturated rings. The summed E-state index contributed by atoms with van der Waals surface area (Å²) in [5.74, 6) is -0.916. The van der Waals surface area contributed by atoms with E-state index in [1.165, 1.54) is 13.2 Å². The van der Waals surface area contributed by atoms with E-state index in [9.17, 15) is 4.79 Å². The lowest BCUT2D eigenvalue weighted by Crippen LogP contribution is -2.31. The molecule has 8 heteroatoms. The van der Waals surface area contributed by atoms with Crippen LogP contribution in [0.5, 0.6) is 5.75 Å². The molecule has 3 rings (SSSR count). The maximum atomic E-state index is 15.0. The Morgan fingerprint density at radius 3 is 2.82 bits per heavy atom. The van der Waals surface area contributed by atoms with Crippen molar-refractivity contribution in [3.05, 3.63) is 58.4 Å². The van der Waals surface area contributed by atoms with Crippen molar-refractivity contribution in [2.75, 3.05) is 19.0 Å². The first-order valence-corrected chi connectivity index (χ1v) is 9.47. The minimum atomic E-state index is -0.851. The molecule has 0 saturated heterocycles. The SMILES string of the molecule is CCOC(=O)C[C@H]1O[C@H](c2cccc(OC)c2F)c2cc(Cl)ccc2NC1=S. The largest absolute Gasteiger partial charge is 0.494 e. The molecule has 148 valence electrons. The number of carbonyl (C=O) groups is 1. The minimum absolute atomic E-state index is 0.0893. The van der Waals surface area contributed by atoms with Crippen LogP contribution in [0.15, 0.2) is 36.4 Å². The smallest absolute Gasteiger partial charge is 0.308 e. The number of halogens is 2. The molecule has 0 spiro atoms. The van der Waals surface area contributed by atoms with Gasteiger partial charge in [0.25, 0.3) is 0 Å². The van der Waals surface area contributed by atoms with Crippen LogP contribution in [0.25, 0.3) is 0 Å². The second-order valence-corrected chi connectivity index (χ2v) is 6.97. The third kappa shape index (κ3) is 4.27. The molecule has 0 amide bonds. The van der Waals surface area contributed by atoms with Gasteiger partial charge in [0.1, 0.15) is 17.2 Å². The summed E-state index contributed by atoms with van der Waals surface area (Å²) in [7, 11) is 1.39. The molecule has 1 N–H and O–H groups in total. The first-order chi connectivity index (χ1) is 13.4. The normalized spacial score (nSPS) is 18.6. The molecule has 0 unspecified atom stereocenters. The van der Waals surface area contributed by atoms with Gasteiger partial charge in [-0.1, -0.05) is 36.0 Å². The van der Waals surface area contributed by atoms with E-state index >= 15 is 4.39 Å². The van der Waals surface area contributed by atoms with E-state index in [1.807, 2.05) is 0 Å². The molecule has 1 aliphatic rings. The van der Waals surface area contributed by atoms with Crippen LogP contribution in [0, 0.1) is 5.82 Å². The van der Waals surface area contributed by atoms with Crippen LogP contribution in [-0.2, 0) is 14.3 Å². The number of carbonyl (C=O) groups excluding carboxylic acids is 1. The Hall–Kier alpha value is -2.22. The summed E-state index contributed by atoms with van der Waals surface area (Å²) >= 11 is 11.6. The minimum Gasteiger partial charge on any atom is -0.494 e. The number of hydrogen-bond donors (Lipinski definition) is 1. The molecule has 0 aromatic heterocycles. The standard InChI is InChI=1S/C20H19ClFNO4S/c1-3-26-17(24)10-16-20(28)23-14-8-7-11(21)9-13(14)19(27-16)12-5-4-6-15(25-2)18(12)22/h4-9,16,19H,3,10H2,1-2H3,(H,23,28)/t16-,19-/m1/s1. The van der Waals surface area contributed by atoms with Crippen molar-refractivity contribution in [3.8, 4) is 5.75 Å². The number of esters is 1. The van der Waals surface area contributed by atoms with Crippen molar-refractivity contribution in [2.24, 2.45) is 0 Å². The molecule has 0 saturated carbocycles. The van der Waals surface area contributed by atoms with Crippen LogP contribution in [0.4, 0.5) is 10.1 Å². The number of methoxy groups -OCH3 is 1. The second kappa shape index (κ2) is 8.86. The zero-order valence-electron chi connectivity index (χ0n) is 15.3. The van der Waals surface area contributed by atoms with Crippen molar-refractivity contribution >= 4 is 40.5 Å². The van der Waals surface area contributed by atoms with E-state index in [4.69, 9.17) is 38.0 Å². The van der Waals surface area contributed by atoms with E-state index < -0.39 is 24.0 Å². The Balaban J connectivity index is 2.08. The van der Waals surface area contributed by atoms with Crippen molar-refractivity contribution in [1.29, 1.82) is 0 Å². The molecular formula is C20H19ClFNO4S. The van der Waals surface area contributed by atoms with Gasteiger partial charge in [0.2, 0.25) is 0 Å². The average Bonchev–Trinajstić information content (AvgIpc) is 2.79. The fraction of sp³-hybridized carbons (Fsp3) is 0.300. The summed E-state index contributed by atoms with van der Waals surface area (Å²) in [6.45, 7) is 1.96. The van der Waals surface area contributed by atoms with Crippen molar-refractivity contribution < 1.29 is 23.4 Å². The fourth-order valence-corrected chi connectivity index (χ4v) is 3.45. The summed E-state index contributed by atoms with van der Waals surface area (Å²) in [4.78, 5) is 12.3. The molecule has 2 atom stereocenters. The van der Waals surface area contributed by atoms with Gasteiger partial charge in [0, 0.05) is 21.8 Å². The number of rotatable bonds is 5. The summed E-state index contributed by atoms with van der Waals surface area (Å²) in [5.41, 5.74) is 1.49. The van der Waals surface area contributed by atoms with Crippen molar-refractivity contribution in [1.82, 2.24) is 0 Å². The first kappa shape index (κ1) is 20.5. The monoisotopic (exact) mass is 423 g/mol. The van der Waals surface area contributed by atoms with Gasteiger partial charge < -0.3 is 19.5 Å². The van der Waals surface area contributed by atoms with E-state index in [2.05, 4.69) is 5.32 Å². The van der Waals surface area contributed by atoms with Gasteiger partial charge in [0.15, 0.2) is 11.6 Å². The number of benzene rings is 2. The molecule has 0 aliphatic carbocycles. The predicted octanol–water partition coefficient (Wildman–Crippen LogP) is 4.67. The number of hydrogen-bond acceptors (Lipinski definition) is 5. The van der Waals surface area contributed by atoms with Gasteiger partial charge in [-0.25, -0.2) is 4.39 Å². The summed E-state index contributed by atoms with van der Waals surface area (Å²) in [5, 5.41) is 3.55. The van der Waals surface area contributed by atoms with E-state index in [0.717, 1.165) is 0 Å². The van der Waals surface area contributed by atoms with Crippen LogP contribution in [0.2, 0.25) is 5.02 Å². The number of fused-ring (bicyclic) bond motifs is 1. The Morgan fingerprint density at radius 1 is 1.32 bits per heavy atom. The second-order valence-electron chi connectivity index (χ2n) is 6.10. The van der Waals surface area contributed by atoms with Gasteiger partial charge in [-0.3, -0.25) is 4.79 Å². The molecule has 5 nitrogen and oxygen atoms in total. The van der Waals surface area contributed by atoms with E-state index in [0.29, 0.717) is 21.3 Å². The molecule has 1 heterocycles. The van der Waals surface area contributed by atoms with Crippen LogP contribution in [0.3, 0.4) is 0 Å². The average molecular weight is 424 g/mol. The van der Waals surface area contributed by atoms with Crippen molar-refractivity contribution in [2.45, 2.75) is 25.6 Å². The fourth-order valence-electron chi connectivity index (χ4n) is 3.02. The molecule has 0 bridgehead atoms. The van der Waals surface area contributed by atoms with Crippen LogP contribution in [0.1, 0.15) is 30.6 Å². The topological polar surface area (TPSA) is 56.8 Å². The maximum Gasteiger partial charge on any atom is 0.308 e. The van der Waals surface area contributed by atoms with E-state index in [1.54, 1.807) is 37.3 Å². The van der Waals surface area contributed by atoms with Gasteiger partial charge in [-0.05, 0) is 31.2 Å². The van der Waals surface area contributed by atoms with Gasteiger partial charge in [0.05, 0.1) is 20.1 Å². The first-order valence-electron chi connectivity index (χ1n) is 8.68. The summed E-state index contributed by atoms with van der Waals surface area (Å²) < 4.78 is 31.2. The van der Waals surface area contributed by atoms with Gasteiger partial charge in [-0.2, -0.15) is 0 Å². The van der Waals surface area contributed by atoms with Gasteiger partial charge >= 0.3 is 5.97 Å². The third-order valence-corrected chi connectivity index (χ3v) is 4.90. The van der Waals surface area contributed by atoms with Crippen LogP contribution >= 0.6 is 23.8 Å². The van der Waals surface area contributed by atoms with Crippen LogP contribution in [-0.4, -0.2) is 30.8 Å². The lowest BCUT2D eigenvalue weighted by atomic mass is 9.99. The number of nitrogens with one attached hydrogen (secondary N) is 1. The highest BCUT2D eigenvalue weighted by atomic mass is 35.5. The van der Waals surface area contributed by atoms with Crippen LogP contribution < -0.4 is 10.1 Å². The highest BCUT2D eigenvalue weighted by Gasteiger charge is 2.33. The Labute approximate surface area is 172 Å². The lowest BCUT2D eigenvalue weighted by Gasteiger charge is -2.23. The Bertz CT molecular complexity index is 908. The predicted molar refractivity (Wildman–Crippen MR) is 109 cm³/mol. The Kier molecular flexibility index (Phi) is 6.49. The third-order valence-electron chi connectivity index (χ3n) is 4.30. The quantitative estimate of drug-likeness (QED) is 0.557. The van der Waals surface area contributed by atoms with E-state index in [-0.39, 0.29) is 24.3 Å². The highest BCUT2D eigenvalue weighted by Crippen LogP contribution is 2.40. The number of anilines is 1. The van der Waals surface area contributed by atoms with Gasteiger partial charge in [-0.15, -0.1) is 0 Å². The number of ether oxygens (including phenoxy) is 3. The Morgan fingerprint density at radius 2 is 2.11 bits per heavy atom.